The summed E-state index contributed by atoms with van der Waals surface area (Å²) in [5.74, 6) is 0.00101. The number of hydrogen-bond acceptors (Lipinski definition) is 3. The van der Waals surface area contributed by atoms with Gasteiger partial charge in [-0.15, -0.1) is 0 Å². The van der Waals surface area contributed by atoms with Crippen molar-refractivity contribution >= 4 is 5.91 Å². The van der Waals surface area contributed by atoms with Crippen molar-refractivity contribution in [2.45, 2.75) is 44.2 Å². The van der Waals surface area contributed by atoms with Gasteiger partial charge in [-0.2, -0.15) is 5.10 Å². The lowest BCUT2D eigenvalue weighted by molar-refractivity contribution is -0.123. The summed E-state index contributed by atoms with van der Waals surface area (Å²) in [5.41, 5.74) is 2.01. The first-order chi connectivity index (χ1) is 12.0. The second kappa shape index (κ2) is 7.78. The van der Waals surface area contributed by atoms with E-state index >= 15 is 0 Å². The molecule has 2 N–H and O–H groups in total. The monoisotopic (exact) mass is 345 g/mol. The maximum atomic E-state index is 12.9. The van der Waals surface area contributed by atoms with Gasteiger partial charge in [-0.25, -0.2) is 4.39 Å². The summed E-state index contributed by atoms with van der Waals surface area (Å²) < 4.78 is 14.6. The highest BCUT2D eigenvalue weighted by atomic mass is 19.1. The molecule has 1 aromatic heterocycles. The van der Waals surface area contributed by atoms with Crippen LogP contribution in [0.4, 0.5) is 4.39 Å². The molecule has 1 aliphatic carbocycles. The number of aliphatic hydroxyl groups excluding tert-OH is 1. The van der Waals surface area contributed by atoms with Gasteiger partial charge in [0.25, 0.3) is 0 Å². The number of carbonyl (C=O) groups excluding carboxylic acids is 1. The van der Waals surface area contributed by atoms with Gasteiger partial charge in [-0.1, -0.05) is 12.1 Å². The van der Waals surface area contributed by atoms with Gasteiger partial charge in [0.1, 0.15) is 5.82 Å². The van der Waals surface area contributed by atoms with Crippen LogP contribution in [-0.2, 0) is 18.3 Å². The number of benzene rings is 1. The minimum Gasteiger partial charge on any atom is -0.393 e. The van der Waals surface area contributed by atoms with Gasteiger partial charge in [0, 0.05) is 25.2 Å². The third kappa shape index (κ3) is 4.66. The van der Waals surface area contributed by atoms with Crippen LogP contribution < -0.4 is 5.32 Å². The van der Waals surface area contributed by atoms with Crippen LogP contribution >= 0.6 is 0 Å². The molecule has 1 saturated carbocycles. The van der Waals surface area contributed by atoms with Crippen molar-refractivity contribution in [1.82, 2.24) is 15.1 Å². The summed E-state index contributed by atoms with van der Waals surface area (Å²) in [7, 11) is 1.85. The number of aliphatic hydroxyl groups is 1. The van der Waals surface area contributed by atoms with Crippen molar-refractivity contribution in [1.29, 1.82) is 0 Å². The van der Waals surface area contributed by atoms with E-state index in [9.17, 15) is 14.3 Å². The SMILES string of the molecule is Cn1cc([C@H](NC(=O)CCCc2ccc(F)cc2)C2CC(O)C2)cn1. The minimum atomic E-state index is -0.264. The molecule has 0 aliphatic heterocycles. The Kier molecular flexibility index (Phi) is 5.48. The second-order valence-electron chi connectivity index (χ2n) is 6.86. The zero-order chi connectivity index (χ0) is 17.8. The van der Waals surface area contributed by atoms with Crippen LogP contribution in [-0.4, -0.2) is 26.9 Å². The van der Waals surface area contributed by atoms with Crippen LogP contribution in [0.15, 0.2) is 36.7 Å². The number of aryl methyl sites for hydroxylation is 2. The molecule has 1 aliphatic rings. The zero-order valence-corrected chi connectivity index (χ0v) is 14.4. The minimum absolute atomic E-state index is 0.00245. The molecule has 1 heterocycles. The van der Waals surface area contributed by atoms with Gasteiger partial charge in [-0.3, -0.25) is 9.48 Å². The van der Waals surface area contributed by atoms with Crippen molar-refractivity contribution in [2.24, 2.45) is 13.0 Å². The molecular formula is C19H24FN3O2. The Morgan fingerprint density at radius 3 is 2.72 bits per heavy atom. The van der Waals surface area contributed by atoms with Crippen molar-refractivity contribution in [3.8, 4) is 0 Å². The summed E-state index contributed by atoms with van der Waals surface area (Å²) in [6.45, 7) is 0. The zero-order valence-electron chi connectivity index (χ0n) is 14.4. The van der Waals surface area contributed by atoms with Crippen LogP contribution in [0, 0.1) is 11.7 Å². The van der Waals surface area contributed by atoms with E-state index in [1.807, 2.05) is 13.2 Å². The van der Waals surface area contributed by atoms with Gasteiger partial charge >= 0.3 is 0 Å². The molecule has 0 radical (unpaired) electrons. The van der Waals surface area contributed by atoms with Gasteiger partial charge in [0.05, 0.1) is 18.3 Å². The second-order valence-corrected chi connectivity index (χ2v) is 6.86. The summed E-state index contributed by atoms with van der Waals surface area (Å²) in [6.07, 6.45) is 6.70. The van der Waals surface area contributed by atoms with Gasteiger partial charge in [0.15, 0.2) is 0 Å². The largest absolute Gasteiger partial charge is 0.393 e. The van der Waals surface area contributed by atoms with Crippen molar-refractivity contribution in [3.63, 3.8) is 0 Å². The summed E-state index contributed by atoms with van der Waals surface area (Å²) >= 11 is 0. The number of hydrogen-bond donors (Lipinski definition) is 2. The lowest BCUT2D eigenvalue weighted by Crippen LogP contribution is -2.41. The topological polar surface area (TPSA) is 67.2 Å². The predicted octanol–water partition coefficient (Wildman–Crippen LogP) is 2.51. The van der Waals surface area contributed by atoms with E-state index in [4.69, 9.17) is 0 Å². The van der Waals surface area contributed by atoms with Crippen LogP contribution in [0.25, 0.3) is 0 Å². The molecule has 5 nitrogen and oxygen atoms in total. The van der Waals surface area contributed by atoms with E-state index in [-0.39, 0.29) is 29.8 Å². The van der Waals surface area contributed by atoms with Crippen molar-refractivity contribution < 1.29 is 14.3 Å². The average Bonchev–Trinajstić information content (AvgIpc) is 2.98. The third-order valence-corrected chi connectivity index (χ3v) is 4.80. The molecule has 134 valence electrons. The lowest BCUT2D eigenvalue weighted by atomic mass is 9.75. The molecule has 1 fully saturated rings. The van der Waals surface area contributed by atoms with Crippen molar-refractivity contribution in [3.05, 3.63) is 53.6 Å². The molecule has 6 heteroatoms. The smallest absolute Gasteiger partial charge is 0.220 e. The van der Waals surface area contributed by atoms with E-state index in [1.54, 1.807) is 23.0 Å². The number of carbonyl (C=O) groups is 1. The normalized spacial score (nSPS) is 20.8. The van der Waals surface area contributed by atoms with Gasteiger partial charge in [0.2, 0.25) is 5.91 Å². The molecule has 0 saturated heterocycles. The highest BCUT2D eigenvalue weighted by molar-refractivity contribution is 5.76. The van der Waals surface area contributed by atoms with Crippen LogP contribution in [0.5, 0.6) is 0 Å². The van der Waals surface area contributed by atoms with Gasteiger partial charge in [-0.05, 0) is 49.3 Å². The Morgan fingerprint density at radius 1 is 1.40 bits per heavy atom. The van der Waals surface area contributed by atoms with Gasteiger partial charge < -0.3 is 10.4 Å². The summed E-state index contributed by atoms with van der Waals surface area (Å²) in [4.78, 5) is 12.3. The fourth-order valence-electron chi connectivity index (χ4n) is 3.33. The lowest BCUT2D eigenvalue weighted by Gasteiger charge is -2.37. The Morgan fingerprint density at radius 2 is 2.12 bits per heavy atom. The number of rotatable bonds is 7. The highest BCUT2D eigenvalue weighted by Crippen LogP contribution is 2.38. The standard InChI is InChI=1S/C19H24FN3O2/c1-23-12-15(11-21-23)19(14-9-17(24)10-14)22-18(25)4-2-3-13-5-7-16(20)8-6-13/h5-8,11-12,14,17,19,24H,2-4,9-10H2,1H3,(H,22,25)/t14?,17?,19-/m1/s1. The van der Waals surface area contributed by atoms with E-state index < -0.39 is 0 Å². The number of nitrogens with one attached hydrogen (secondary N) is 1. The molecule has 1 atom stereocenters. The Labute approximate surface area is 146 Å². The Hall–Kier alpha value is -2.21. The molecule has 25 heavy (non-hydrogen) atoms. The first-order valence-electron chi connectivity index (χ1n) is 8.71. The third-order valence-electron chi connectivity index (χ3n) is 4.80. The Balaban J connectivity index is 1.52. The molecule has 0 spiro atoms. The molecule has 3 rings (SSSR count). The number of aromatic nitrogens is 2. The summed E-state index contributed by atoms with van der Waals surface area (Å²) in [5, 5.41) is 16.9. The molecule has 1 amide bonds. The quantitative estimate of drug-likeness (QED) is 0.810. The first-order valence-corrected chi connectivity index (χ1v) is 8.71. The fourth-order valence-corrected chi connectivity index (χ4v) is 3.33. The van der Waals surface area contributed by atoms with E-state index in [2.05, 4.69) is 10.4 Å². The van der Waals surface area contributed by atoms with Crippen LogP contribution in [0.3, 0.4) is 0 Å². The predicted molar refractivity (Wildman–Crippen MR) is 92.2 cm³/mol. The highest BCUT2D eigenvalue weighted by Gasteiger charge is 2.36. The van der Waals surface area contributed by atoms with E-state index in [0.29, 0.717) is 25.7 Å². The number of halogens is 1. The number of amides is 1. The van der Waals surface area contributed by atoms with Crippen LogP contribution in [0.1, 0.15) is 42.9 Å². The molecule has 0 unspecified atom stereocenters. The Bertz CT molecular complexity index is 708. The first kappa shape index (κ1) is 17.6. The van der Waals surface area contributed by atoms with E-state index in [1.165, 1.54) is 12.1 Å². The van der Waals surface area contributed by atoms with Crippen molar-refractivity contribution in [2.75, 3.05) is 0 Å². The molecular weight excluding hydrogens is 321 g/mol. The fraction of sp³-hybridized carbons (Fsp3) is 0.474. The average molecular weight is 345 g/mol. The molecule has 1 aromatic carbocycles. The van der Waals surface area contributed by atoms with E-state index in [0.717, 1.165) is 17.5 Å². The summed E-state index contributed by atoms with van der Waals surface area (Å²) in [6, 6.07) is 6.28. The number of nitrogens with zero attached hydrogens (tertiary/aromatic N) is 2. The maximum absolute atomic E-state index is 12.9. The maximum Gasteiger partial charge on any atom is 0.220 e. The van der Waals surface area contributed by atoms with Crippen LogP contribution in [0.2, 0.25) is 0 Å². The molecule has 2 aromatic rings. The molecule has 0 bridgehead atoms.